The molecule has 0 spiro atoms. The third-order valence-corrected chi connectivity index (χ3v) is 4.73. The van der Waals surface area contributed by atoms with Crippen LogP contribution in [0.1, 0.15) is 37.3 Å². The van der Waals surface area contributed by atoms with Gasteiger partial charge in [-0.1, -0.05) is 40.2 Å². The molecular weight excluding hydrogens is 366 g/mol. The molecule has 24 heavy (non-hydrogen) atoms. The van der Waals surface area contributed by atoms with Crippen molar-refractivity contribution in [3.05, 3.63) is 64.1 Å². The molecule has 3 nitrogen and oxygen atoms in total. The molecule has 1 N–H and O–H groups in total. The van der Waals surface area contributed by atoms with Crippen molar-refractivity contribution in [1.82, 2.24) is 0 Å². The molecule has 2 aromatic rings. The summed E-state index contributed by atoms with van der Waals surface area (Å²) in [5, 5.41) is 3.04. The summed E-state index contributed by atoms with van der Waals surface area (Å²) in [7, 11) is 0. The molecule has 1 aliphatic rings. The van der Waals surface area contributed by atoms with E-state index in [0.717, 1.165) is 22.1 Å². The van der Waals surface area contributed by atoms with E-state index in [9.17, 15) is 4.79 Å². The van der Waals surface area contributed by atoms with Gasteiger partial charge < -0.3 is 10.1 Å². The predicted octanol–water partition coefficient (Wildman–Crippen LogP) is 5.12. The number of carbonyl (C=O) groups is 1. The minimum atomic E-state index is 0.0711. The first-order chi connectivity index (χ1) is 11.5. The number of halogens is 1. The highest BCUT2D eigenvalue weighted by atomic mass is 79.9. The molecule has 2 aromatic carbocycles. The highest BCUT2D eigenvalue weighted by Crippen LogP contribution is 2.48. The Labute approximate surface area is 151 Å². The van der Waals surface area contributed by atoms with Crippen molar-refractivity contribution in [1.29, 1.82) is 0 Å². The fraction of sp³-hybridized carbons (Fsp3) is 0.350. The topological polar surface area (TPSA) is 38.3 Å². The molecule has 1 amide bonds. The fourth-order valence-electron chi connectivity index (χ4n) is 2.80. The third kappa shape index (κ3) is 4.46. The molecule has 126 valence electrons. The first kappa shape index (κ1) is 17.2. The lowest BCUT2D eigenvalue weighted by Crippen LogP contribution is -2.14. The summed E-state index contributed by atoms with van der Waals surface area (Å²) in [6, 6.07) is 16.1. The van der Waals surface area contributed by atoms with E-state index in [0.29, 0.717) is 12.5 Å². The van der Waals surface area contributed by atoms with Crippen LogP contribution in [0.25, 0.3) is 0 Å². The Morgan fingerprint density at radius 1 is 1.25 bits per heavy atom. The average Bonchev–Trinajstić information content (AvgIpc) is 3.35. The number of hydrogen-bond donors (Lipinski definition) is 1. The van der Waals surface area contributed by atoms with Crippen LogP contribution < -0.4 is 5.32 Å². The SMILES string of the molecule is CC(C)OCc1cccc(NC(=O)C2CC2c2ccc(Br)cc2)c1. The van der Waals surface area contributed by atoms with Crippen LogP contribution in [0.2, 0.25) is 0 Å². The Morgan fingerprint density at radius 2 is 2.00 bits per heavy atom. The summed E-state index contributed by atoms with van der Waals surface area (Å²) < 4.78 is 6.68. The zero-order valence-corrected chi connectivity index (χ0v) is 15.5. The van der Waals surface area contributed by atoms with Crippen LogP contribution in [0.4, 0.5) is 5.69 Å². The van der Waals surface area contributed by atoms with Crippen LogP contribution in [0, 0.1) is 5.92 Å². The van der Waals surface area contributed by atoms with Crippen LogP contribution in [0.3, 0.4) is 0 Å². The van der Waals surface area contributed by atoms with Crippen LogP contribution in [0.5, 0.6) is 0 Å². The molecule has 1 aliphatic carbocycles. The maximum absolute atomic E-state index is 12.5. The predicted molar refractivity (Wildman–Crippen MR) is 100.0 cm³/mol. The lowest BCUT2D eigenvalue weighted by atomic mass is 10.1. The van der Waals surface area contributed by atoms with Crippen molar-refractivity contribution in [2.24, 2.45) is 5.92 Å². The zero-order chi connectivity index (χ0) is 17.1. The molecule has 0 bridgehead atoms. The largest absolute Gasteiger partial charge is 0.374 e. The van der Waals surface area contributed by atoms with Gasteiger partial charge in [0, 0.05) is 16.1 Å². The lowest BCUT2D eigenvalue weighted by molar-refractivity contribution is -0.117. The lowest BCUT2D eigenvalue weighted by Gasteiger charge is -2.10. The molecule has 4 heteroatoms. The van der Waals surface area contributed by atoms with Gasteiger partial charge in [0.05, 0.1) is 12.7 Å². The Kier molecular flexibility index (Phi) is 5.36. The van der Waals surface area contributed by atoms with E-state index in [1.807, 2.05) is 50.2 Å². The van der Waals surface area contributed by atoms with E-state index < -0.39 is 0 Å². The number of anilines is 1. The first-order valence-electron chi connectivity index (χ1n) is 8.30. The maximum atomic E-state index is 12.5. The summed E-state index contributed by atoms with van der Waals surface area (Å²) in [4.78, 5) is 12.5. The van der Waals surface area contributed by atoms with Gasteiger partial charge in [-0.3, -0.25) is 4.79 Å². The number of nitrogens with one attached hydrogen (secondary N) is 1. The van der Waals surface area contributed by atoms with Crippen molar-refractivity contribution in [2.75, 3.05) is 5.32 Å². The van der Waals surface area contributed by atoms with Crippen LogP contribution in [-0.2, 0) is 16.1 Å². The molecule has 0 aromatic heterocycles. The minimum Gasteiger partial charge on any atom is -0.374 e. The summed E-state index contributed by atoms with van der Waals surface area (Å²) >= 11 is 3.44. The minimum absolute atomic E-state index is 0.0711. The number of hydrogen-bond acceptors (Lipinski definition) is 2. The van der Waals surface area contributed by atoms with Gasteiger partial charge in [0.2, 0.25) is 5.91 Å². The zero-order valence-electron chi connectivity index (χ0n) is 14.0. The Bertz CT molecular complexity index is 712. The van der Waals surface area contributed by atoms with E-state index in [1.165, 1.54) is 5.56 Å². The third-order valence-electron chi connectivity index (χ3n) is 4.20. The number of amides is 1. The molecule has 1 fully saturated rings. The first-order valence-corrected chi connectivity index (χ1v) is 9.09. The van der Waals surface area contributed by atoms with E-state index in [-0.39, 0.29) is 17.9 Å². The van der Waals surface area contributed by atoms with Crippen molar-refractivity contribution >= 4 is 27.5 Å². The number of carbonyl (C=O) groups excluding carboxylic acids is 1. The Morgan fingerprint density at radius 3 is 2.71 bits per heavy atom. The van der Waals surface area contributed by atoms with Crippen molar-refractivity contribution in [3.63, 3.8) is 0 Å². The van der Waals surface area contributed by atoms with E-state index >= 15 is 0 Å². The summed E-state index contributed by atoms with van der Waals surface area (Å²) in [6.45, 7) is 4.59. The van der Waals surface area contributed by atoms with Gasteiger partial charge in [-0.15, -0.1) is 0 Å². The molecule has 0 heterocycles. The van der Waals surface area contributed by atoms with E-state index in [1.54, 1.807) is 0 Å². The van der Waals surface area contributed by atoms with Gasteiger partial charge in [-0.2, -0.15) is 0 Å². The van der Waals surface area contributed by atoms with Crippen LogP contribution >= 0.6 is 15.9 Å². The average molecular weight is 388 g/mol. The van der Waals surface area contributed by atoms with Gasteiger partial charge in [-0.05, 0) is 61.6 Å². The van der Waals surface area contributed by atoms with Crippen LogP contribution in [0.15, 0.2) is 53.0 Å². The van der Waals surface area contributed by atoms with Crippen molar-refractivity contribution in [3.8, 4) is 0 Å². The number of benzene rings is 2. The second-order valence-corrected chi connectivity index (χ2v) is 7.47. The Hall–Kier alpha value is -1.65. The van der Waals surface area contributed by atoms with Gasteiger partial charge in [0.25, 0.3) is 0 Å². The summed E-state index contributed by atoms with van der Waals surface area (Å²) in [5.74, 6) is 0.511. The smallest absolute Gasteiger partial charge is 0.228 e. The molecular formula is C20H22BrNO2. The van der Waals surface area contributed by atoms with Gasteiger partial charge in [0.15, 0.2) is 0 Å². The summed E-state index contributed by atoms with van der Waals surface area (Å²) in [5.41, 5.74) is 3.14. The monoisotopic (exact) mass is 387 g/mol. The molecule has 0 saturated heterocycles. The fourth-order valence-corrected chi connectivity index (χ4v) is 3.06. The van der Waals surface area contributed by atoms with E-state index in [4.69, 9.17) is 4.74 Å². The highest BCUT2D eigenvalue weighted by molar-refractivity contribution is 9.10. The standard InChI is InChI=1S/C20H22BrNO2/c1-13(2)24-12-14-4-3-5-17(10-14)22-20(23)19-11-18(19)15-6-8-16(21)9-7-15/h3-10,13,18-19H,11-12H2,1-2H3,(H,22,23). The van der Waals surface area contributed by atoms with Crippen molar-refractivity contribution in [2.45, 2.75) is 38.9 Å². The molecule has 0 aliphatic heterocycles. The molecule has 2 atom stereocenters. The molecule has 1 saturated carbocycles. The normalized spacial score (nSPS) is 19.3. The maximum Gasteiger partial charge on any atom is 0.228 e. The van der Waals surface area contributed by atoms with Crippen molar-refractivity contribution < 1.29 is 9.53 Å². The highest BCUT2D eigenvalue weighted by Gasteiger charge is 2.43. The Balaban J connectivity index is 1.58. The second kappa shape index (κ2) is 7.49. The quantitative estimate of drug-likeness (QED) is 0.746. The van der Waals surface area contributed by atoms with E-state index in [2.05, 4.69) is 33.4 Å². The number of rotatable bonds is 6. The molecule has 0 radical (unpaired) electrons. The molecule has 3 rings (SSSR count). The van der Waals surface area contributed by atoms with Gasteiger partial charge >= 0.3 is 0 Å². The van der Waals surface area contributed by atoms with Gasteiger partial charge in [-0.25, -0.2) is 0 Å². The van der Waals surface area contributed by atoms with Gasteiger partial charge in [0.1, 0.15) is 0 Å². The summed E-state index contributed by atoms with van der Waals surface area (Å²) in [6.07, 6.45) is 1.12. The second-order valence-electron chi connectivity index (χ2n) is 6.55. The van der Waals surface area contributed by atoms with Crippen LogP contribution in [-0.4, -0.2) is 12.0 Å². The number of ether oxygens (including phenoxy) is 1. The molecule has 2 unspecified atom stereocenters.